The lowest BCUT2D eigenvalue weighted by atomic mass is 10.2. The monoisotopic (exact) mass is 405 g/mol. The number of aromatic nitrogens is 4. The SMILES string of the molecule is CCNC(=NCc1coc(-c2ccccc2)n1)NCCc1nc(-c2ccco2)n[nH]1. The van der Waals surface area contributed by atoms with E-state index in [4.69, 9.17) is 8.83 Å². The maximum Gasteiger partial charge on any atom is 0.226 e. The van der Waals surface area contributed by atoms with Crippen LogP contribution in [0.3, 0.4) is 0 Å². The zero-order chi connectivity index (χ0) is 20.6. The van der Waals surface area contributed by atoms with Gasteiger partial charge in [-0.15, -0.1) is 0 Å². The van der Waals surface area contributed by atoms with Crippen molar-refractivity contribution in [2.24, 2.45) is 4.99 Å². The van der Waals surface area contributed by atoms with Crippen molar-refractivity contribution in [3.05, 3.63) is 66.5 Å². The molecule has 3 heterocycles. The molecule has 1 aromatic carbocycles. The third-order valence-corrected chi connectivity index (χ3v) is 4.24. The Morgan fingerprint density at radius 3 is 2.77 bits per heavy atom. The minimum Gasteiger partial charge on any atom is -0.461 e. The van der Waals surface area contributed by atoms with Crippen LogP contribution in [0.1, 0.15) is 18.4 Å². The highest BCUT2D eigenvalue weighted by molar-refractivity contribution is 5.79. The van der Waals surface area contributed by atoms with Gasteiger partial charge in [0.1, 0.15) is 17.8 Å². The van der Waals surface area contributed by atoms with Crippen LogP contribution >= 0.6 is 0 Å². The molecule has 0 saturated heterocycles. The van der Waals surface area contributed by atoms with E-state index in [2.05, 4.69) is 35.8 Å². The second-order valence-electron chi connectivity index (χ2n) is 6.46. The van der Waals surface area contributed by atoms with E-state index >= 15 is 0 Å². The van der Waals surface area contributed by atoms with Gasteiger partial charge in [0.2, 0.25) is 11.7 Å². The van der Waals surface area contributed by atoms with E-state index in [9.17, 15) is 0 Å². The van der Waals surface area contributed by atoms with Crippen LogP contribution in [0.25, 0.3) is 23.0 Å². The Bertz CT molecular complexity index is 1070. The van der Waals surface area contributed by atoms with Crippen molar-refractivity contribution in [1.29, 1.82) is 0 Å². The summed E-state index contributed by atoms with van der Waals surface area (Å²) in [4.78, 5) is 13.5. The molecule has 3 N–H and O–H groups in total. The average molecular weight is 405 g/mol. The first kappa shape index (κ1) is 19.4. The predicted molar refractivity (Wildman–Crippen MR) is 113 cm³/mol. The number of furan rings is 1. The molecule has 0 unspecified atom stereocenters. The molecular weight excluding hydrogens is 382 g/mol. The number of hydrogen-bond acceptors (Lipinski definition) is 6. The molecule has 4 aromatic rings. The molecular formula is C21H23N7O2. The van der Waals surface area contributed by atoms with E-state index < -0.39 is 0 Å². The third kappa shape index (κ3) is 4.93. The molecule has 0 fully saturated rings. The Kier molecular flexibility index (Phi) is 6.19. The molecule has 0 spiro atoms. The van der Waals surface area contributed by atoms with Gasteiger partial charge >= 0.3 is 0 Å². The van der Waals surface area contributed by atoms with Crippen molar-refractivity contribution in [2.45, 2.75) is 19.9 Å². The number of nitrogens with zero attached hydrogens (tertiary/aromatic N) is 4. The van der Waals surface area contributed by atoms with Crippen molar-refractivity contribution in [2.75, 3.05) is 13.1 Å². The van der Waals surface area contributed by atoms with Crippen molar-refractivity contribution >= 4 is 5.96 Å². The highest BCUT2D eigenvalue weighted by atomic mass is 16.3. The van der Waals surface area contributed by atoms with Gasteiger partial charge in [-0.1, -0.05) is 18.2 Å². The maximum absolute atomic E-state index is 5.57. The summed E-state index contributed by atoms with van der Waals surface area (Å²) in [6, 6.07) is 13.4. The number of hydrogen-bond donors (Lipinski definition) is 3. The zero-order valence-corrected chi connectivity index (χ0v) is 16.6. The minimum atomic E-state index is 0.413. The first-order valence-corrected chi connectivity index (χ1v) is 9.79. The number of aliphatic imine (C=N–C) groups is 1. The molecule has 9 nitrogen and oxygen atoms in total. The Balaban J connectivity index is 1.31. The topological polar surface area (TPSA) is 117 Å². The molecule has 0 atom stereocenters. The number of benzene rings is 1. The lowest BCUT2D eigenvalue weighted by molar-refractivity contribution is 0.572. The molecule has 0 radical (unpaired) electrons. The minimum absolute atomic E-state index is 0.413. The average Bonchev–Trinajstić information content (AvgIpc) is 3.54. The molecule has 154 valence electrons. The Morgan fingerprint density at radius 2 is 1.97 bits per heavy atom. The summed E-state index contributed by atoms with van der Waals surface area (Å²) < 4.78 is 10.9. The summed E-state index contributed by atoms with van der Waals surface area (Å²) in [6.45, 7) is 3.83. The van der Waals surface area contributed by atoms with Gasteiger partial charge in [0, 0.05) is 25.1 Å². The first-order chi connectivity index (χ1) is 14.8. The first-order valence-electron chi connectivity index (χ1n) is 9.79. The number of rotatable bonds is 8. The Labute approximate surface area is 173 Å². The number of oxazole rings is 1. The van der Waals surface area contributed by atoms with Gasteiger partial charge in [-0.25, -0.2) is 15.0 Å². The van der Waals surface area contributed by atoms with Crippen LogP contribution in [-0.2, 0) is 13.0 Å². The molecule has 0 aliphatic carbocycles. The standard InChI is InChI=1S/C21H23N7O2/c1-2-22-21(23-11-10-18-26-19(28-27-18)17-9-6-12-29-17)24-13-16-14-30-20(25-16)15-7-4-3-5-8-15/h3-9,12,14H,2,10-11,13H2,1H3,(H2,22,23,24)(H,26,27,28). The van der Waals surface area contributed by atoms with Gasteiger partial charge in [0.25, 0.3) is 0 Å². The van der Waals surface area contributed by atoms with Gasteiger partial charge in [0.15, 0.2) is 11.7 Å². The Hall–Kier alpha value is -3.88. The van der Waals surface area contributed by atoms with Crippen LogP contribution in [-0.4, -0.2) is 39.2 Å². The van der Waals surface area contributed by atoms with E-state index in [-0.39, 0.29) is 0 Å². The van der Waals surface area contributed by atoms with Crippen LogP contribution < -0.4 is 10.6 Å². The molecule has 3 aromatic heterocycles. The molecule has 0 bridgehead atoms. The molecule has 0 aliphatic rings. The third-order valence-electron chi connectivity index (χ3n) is 4.24. The Morgan fingerprint density at radius 1 is 1.07 bits per heavy atom. The van der Waals surface area contributed by atoms with E-state index in [1.165, 1.54) is 0 Å². The highest BCUT2D eigenvalue weighted by Crippen LogP contribution is 2.18. The van der Waals surface area contributed by atoms with Crippen molar-refractivity contribution in [1.82, 2.24) is 30.8 Å². The van der Waals surface area contributed by atoms with Crippen LogP contribution in [0.2, 0.25) is 0 Å². The predicted octanol–water partition coefficient (Wildman–Crippen LogP) is 3.02. The quantitative estimate of drug-likeness (QED) is 0.305. The normalized spacial score (nSPS) is 11.6. The van der Waals surface area contributed by atoms with Crippen molar-refractivity contribution < 1.29 is 8.83 Å². The van der Waals surface area contributed by atoms with Crippen LogP contribution in [0, 0.1) is 0 Å². The second kappa shape index (κ2) is 9.55. The van der Waals surface area contributed by atoms with Crippen LogP contribution in [0.4, 0.5) is 0 Å². The highest BCUT2D eigenvalue weighted by Gasteiger charge is 2.09. The van der Waals surface area contributed by atoms with Gasteiger partial charge in [-0.2, -0.15) is 5.10 Å². The summed E-state index contributed by atoms with van der Waals surface area (Å²) in [5.41, 5.74) is 1.71. The molecule has 0 aliphatic heterocycles. The fourth-order valence-corrected chi connectivity index (χ4v) is 2.82. The molecule has 4 rings (SSSR count). The van der Waals surface area contributed by atoms with E-state index in [0.29, 0.717) is 42.9 Å². The summed E-state index contributed by atoms with van der Waals surface area (Å²) in [7, 11) is 0. The van der Waals surface area contributed by atoms with Crippen molar-refractivity contribution in [3.8, 4) is 23.0 Å². The number of nitrogens with one attached hydrogen (secondary N) is 3. The van der Waals surface area contributed by atoms with Gasteiger partial charge in [-0.05, 0) is 31.2 Å². The summed E-state index contributed by atoms with van der Waals surface area (Å²) in [6.07, 6.45) is 3.91. The fraction of sp³-hybridized carbons (Fsp3) is 0.238. The van der Waals surface area contributed by atoms with E-state index in [0.717, 1.165) is 23.6 Å². The lowest BCUT2D eigenvalue weighted by Crippen LogP contribution is -2.38. The molecule has 30 heavy (non-hydrogen) atoms. The largest absolute Gasteiger partial charge is 0.461 e. The lowest BCUT2D eigenvalue weighted by Gasteiger charge is -2.09. The summed E-state index contributed by atoms with van der Waals surface area (Å²) in [5.74, 6) is 3.26. The van der Waals surface area contributed by atoms with Gasteiger partial charge < -0.3 is 19.5 Å². The van der Waals surface area contributed by atoms with E-state index in [1.54, 1.807) is 12.5 Å². The fourth-order valence-electron chi connectivity index (χ4n) is 2.82. The zero-order valence-electron chi connectivity index (χ0n) is 16.6. The molecule has 9 heteroatoms. The second-order valence-corrected chi connectivity index (χ2v) is 6.46. The van der Waals surface area contributed by atoms with E-state index in [1.807, 2.05) is 49.4 Å². The van der Waals surface area contributed by atoms with Crippen LogP contribution in [0.5, 0.6) is 0 Å². The summed E-state index contributed by atoms with van der Waals surface area (Å²) in [5, 5.41) is 13.6. The number of guanidine groups is 1. The maximum atomic E-state index is 5.57. The van der Waals surface area contributed by atoms with Crippen LogP contribution in [0.15, 0.2) is 68.8 Å². The number of aromatic amines is 1. The molecule has 0 amide bonds. The van der Waals surface area contributed by atoms with Gasteiger partial charge in [0.05, 0.1) is 12.8 Å². The smallest absolute Gasteiger partial charge is 0.226 e. The van der Waals surface area contributed by atoms with Crippen molar-refractivity contribution in [3.63, 3.8) is 0 Å². The summed E-state index contributed by atoms with van der Waals surface area (Å²) >= 11 is 0. The molecule has 0 saturated carbocycles. The number of H-pyrrole nitrogens is 1. The van der Waals surface area contributed by atoms with Gasteiger partial charge in [-0.3, -0.25) is 5.10 Å².